The maximum atomic E-state index is 13.2. The molecule has 0 saturated heterocycles. The molecule has 6 nitrogen and oxygen atoms in total. The monoisotopic (exact) mass is 868 g/mol. The standard InChI is InChI=1S/C56H101NO5/c1-4-7-10-13-16-19-22-25-27-28-30-32-35-38-41-44-47-52(62-56(61)49-46-43-40-37-34-29-24-21-18-15-12-9-6-3)50-55(60)57-53(51-58)54(59)48-45-42-39-36-33-31-26-23-20-17-14-11-8-5-2/h9,12,15,18,21,24,29,34,37,40,52-54,58-59H,4-8,10-11,13-14,16-17,19-20,22-23,25-28,30-33,35-36,38-39,41-51H2,1-3H3,(H,57,60)/b12-9+,18-15+,24-21-,34-29-,40-37+. The Morgan fingerprint density at radius 3 is 1.26 bits per heavy atom. The van der Waals surface area contributed by atoms with Crippen LogP contribution in [0.4, 0.5) is 0 Å². The Morgan fingerprint density at radius 2 is 0.855 bits per heavy atom. The number of ether oxygens (including phenoxy) is 1. The summed E-state index contributed by atoms with van der Waals surface area (Å²) in [6, 6.07) is -0.716. The number of nitrogens with one attached hydrogen (secondary N) is 1. The van der Waals surface area contributed by atoms with E-state index in [9.17, 15) is 19.8 Å². The van der Waals surface area contributed by atoms with Gasteiger partial charge in [-0.15, -0.1) is 0 Å². The van der Waals surface area contributed by atoms with Gasteiger partial charge < -0.3 is 20.3 Å². The first kappa shape index (κ1) is 59.6. The summed E-state index contributed by atoms with van der Waals surface area (Å²) in [5, 5.41) is 23.8. The van der Waals surface area contributed by atoms with E-state index in [2.05, 4.69) is 38.2 Å². The van der Waals surface area contributed by atoms with Crippen LogP contribution in [0.15, 0.2) is 60.8 Å². The van der Waals surface area contributed by atoms with Crippen LogP contribution < -0.4 is 5.32 Å². The number of allylic oxidation sites excluding steroid dienone is 10. The molecule has 0 aromatic carbocycles. The second kappa shape index (κ2) is 49.6. The molecule has 1 amide bonds. The number of esters is 1. The zero-order valence-corrected chi connectivity index (χ0v) is 41.0. The van der Waals surface area contributed by atoms with Crippen LogP contribution in [0.3, 0.4) is 0 Å². The quantitative estimate of drug-likeness (QED) is 0.0322. The van der Waals surface area contributed by atoms with Gasteiger partial charge in [0, 0.05) is 6.42 Å². The Kier molecular flexibility index (Phi) is 47.6. The molecule has 360 valence electrons. The van der Waals surface area contributed by atoms with Crippen molar-refractivity contribution in [2.75, 3.05) is 6.61 Å². The number of unbranched alkanes of at least 4 members (excludes halogenated alkanes) is 29. The van der Waals surface area contributed by atoms with Gasteiger partial charge in [-0.2, -0.15) is 0 Å². The third-order valence-electron chi connectivity index (χ3n) is 12.0. The van der Waals surface area contributed by atoms with E-state index in [4.69, 9.17) is 4.74 Å². The number of amides is 1. The van der Waals surface area contributed by atoms with Crippen LogP contribution >= 0.6 is 0 Å². The average Bonchev–Trinajstić information content (AvgIpc) is 3.26. The van der Waals surface area contributed by atoms with Gasteiger partial charge in [0.25, 0.3) is 0 Å². The second-order valence-corrected chi connectivity index (χ2v) is 18.0. The minimum atomic E-state index is -0.800. The lowest BCUT2D eigenvalue weighted by molar-refractivity contribution is -0.151. The van der Waals surface area contributed by atoms with Crippen molar-refractivity contribution in [3.05, 3.63) is 60.8 Å². The first-order chi connectivity index (χ1) is 30.5. The Morgan fingerprint density at radius 1 is 0.484 bits per heavy atom. The summed E-state index contributed by atoms with van der Waals surface area (Å²) < 4.78 is 5.90. The van der Waals surface area contributed by atoms with Gasteiger partial charge in [0.2, 0.25) is 5.91 Å². The molecule has 0 spiro atoms. The fourth-order valence-electron chi connectivity index (χ4n) is 7.99. The molecule has 62 heavy (non-hydrogen) atoms. The lowest BCUT2D eigenvalue weighted by atomic mass is 10.0. The number of carbonyl (C=O) groups is 2. The van der Waals surface area contributed by atoms with Crippen LogP contribution in [0.25, 0.3) is 0 Å². The zero-order chi connectivity index (χ0) is 45.2. The van der Waals surface area contributed by atoms with Gasteiger partial charge in [0.15, 0.2) is 0 Å². The topological polar surface area (TPSA) is 95.9 Å². The first-order valence-electron chi connectivity index (χ1n) is 26.6. The van der Waals surface area contributed by atoms with E-state index in [0.717, 1.165) is 51.4 Å². The van der Waals surface area contributed by atoms with Gasteiger partial charge in [-0.1, -0.05) is 268 Å². The summed E-state index contributed by atoms with van der Waals surface area (Å²) in [6.45, 7) is 6.34. The molecule has 0 aliphatic carbocycles. The normalized spacial score (nSPS) is 13.7. The molecule has 3 unspecified atom stereocenters. The molecule has 0 aromatic heterocycles. The Bertz CT molecular complexity index is 1110. The number of aliphatic hydroxyl groups is 2. The van der Waals surface area contributed by atoms with Gasteiger partial charge in [0.1, 0.15) is 6.10 Å². The zero-order valence-electron chi connectivity index (χ0n) is 41.0. The molecule has 0 bridgehead atoms. The van der Waals surface area contributed by atoms with E-state index < -0.39 is 18.2 Å². The number of hydrogen-bond acceptors (Lipinski definition) is 5. The molecular formula is C56H101NO5. The molecule has 0 aliphatic rings. The second-order valence-electron chi connectivity index (χ2n) is 18.0. The predicted molar refractivity (Wildman–Crippen MR) is 268 cm³/mol. The molecular weight excluding hydrogens is 767 g/mol. The summed E-state index contributed by atoms with van der Waals surface area (Å²) in [5.74, 6) is -0.554. The summed E-state index contributed by atoms with van der Waals surface area (Å²) in [5.41, 5.74) is 0. The minimum Gasteiger partial charge on any atom is -0.462 e. The highest BCUT2D eigenvalue weighted by molar-refractivity contribution is 5.77. The van der Waals surface area contributed by atoms with E-state index in [1.807, 2.05) is 48.6 Å². The fourth-order valence-corrected chi connectivity index (χ4v) is 7.99. The lowest BCUT2D eigenvalue weighted by Crippen LogP contribution is -2.46. The third-order valence-corrected chi connectivity index (χ3v) is 12.0. The summed E-state index contributed by atoms with van der Waals surface area (Å²) >= 11 is 0. The average molecular weight is 868 g/mol. The van der Waals surface area contributed by atoms with Crippen LogP contribution in [0.2, 0.25) is 0 Å². The summed E-state index contributed by atoms with van der Waals surface area (Å²) in [7, 11) is 0. The number of carbonyl (C=O) groups excluding carboxylic acids is 2. The maximum Gasteiger partial charge on any atom is 0.306 e. The smallest absolute Gasteiger partial charge is 0.306 e. The van der Waals surface area contributed by atoms with Gasteiger partial charge in [-0.25, -0.2) is 0 Å². The molecule has 0 aliphatic heterocycles. The number of hydrogen-bond donors (Lipinski definition) is 3. The molecule has 0 rings (SSSR count). The highest BCUT2D eigenvalue weighted by Crippen LogP contribution is 2.18. The Labute approximate surface area is 384 Å². The van der Waals surface area contributed by atoms with E-state index in [1.54, 1.807) is 0 Å². The van der Waals surface area contributed by atoms with Crippen molar-refractivity contribution in [1.29, 1.82) is 0 Å². The highest BCUT2D eigenvalue weighted by Gasteiger charge is 2.24. The van der Waals surface area contributed by atoms with Crippen molar-refractivity contribution in [3.8, 4) is 0 Å². The maximum absolute atomic E-state index is 13.2. The van der Waals surface area contributed by atoms with Crippen molar-refractivity contribution >= 4 is 11.9 Å². The molecule has 0 heterocycles. The van der Waals surface area contributed by atoms with Crippen molar-refractivity contribution in [2.45, 2.75) is 277 Å². The molecule has 0 saturated carbocycles. The largest absolute Gasteiger partial charge is 0.462 e. The van der Waals surface area contributed by atoms with Crippen LogP contribution in [-0.4, -0.2) is 46.9 Å². The van der Waals surface area contributed by atoms with Gasteiger partial charge in [0.05, 0.1) is 25.2 Å². The van der Waals surface area contributed by atoms with Gasteiger partial charge in [-0.05, 0) is 38.5 Å². The first-order valence-corrected chi connectivity index (χ1v) is 26.6. The van der Waals surface area contributed by atoms with E-state index >= 15 is 0 Å². The van der Waals surface area contributed by atoms with E-state index in [0.29, 0.717) is 25.7 Å². The van der Waals surface area contributed by atoms with Crippen molar-refractivity contribution < 1.29 is 24.5 Å². The van der Waals surface area contributed by atoms with Crippen molar-refractivity contribution in [3.63, 3.8) is 0 Å². The van der Waals surface area contributed by atoms with Crippen LogP contribution in [0, 0.1) is 0 Å². The molecule has 0 aromatic rings. The predicted octanol–water partition coefficient (Wildman–Crippen LogP) is 16.0. The molecule has 0 radical (unpaired) electrons. The molecule has 3 N–H and O–H groups in total. The lowest BCUT2D eigenvalue weighted by Gasteiger charge is -2.24. The Balaban J connectivity index is 4.64. The minimum absolute atomic E-state index is 0.0504. The number of aliphatic hydroxyl groups excluding tert-OH is 2. The third kappa shape index (κ3) is 44.2. The molecule has 0 fully saturated rings. The molecule has 6 heteroatoms. The van der Waals surface area contributed by atoms with Crippen molar-refractivity contribution in [2.24, 2.45) is 0 Å². The fraction of sp³-hybridized carbons (Fsp3) is 0.786. The number of rotatable bonds is 47. The van der Waals surface area contributed by atoms with Gasteiger partial charge >= 0.3 is 5.97 Å². The van der Waals surface area contributed by atoms with Crippen LogP contribution in [0.1, 0.15) is 258 Å². The Hall–Kier alpha value is -2.44. The van der Waals surface area contributed by atoms with Crippen LogP contribution in [0.5, 0.6) is 0 Å². The van der Waals surface area contributed by atoms with Crippen LogP contribution in [-0.2, 0) is 14.3 Å². The van der Waals surface area contributed by atoms with E-state index in [-0.39, 0.29) is 24.9 Å². The SMILES string of the molecule is CC/C=C/C=C/C=C\C=C/C=C/CCCC(=O)OC(CCCCCCCCCCCCCCCCCC)CC(=O)NC(CO)C(O)CCCCCCCCCCCCCCCC. The summed E-state index contributed by atoms with van der Waals surface area (Å²) in [4.78, 5) is 26.1. The van der Waals surface area contributed by atoms with Gasteiger partial charge in [-0.3, -0.25) is 9.59 Å². The van der Waals surface area contributed by atoms with Crippen molar-refractivity contribution in [1.82, 2.24) is 5.32 Å². The van der Waals surface area contributed by atoms with E-state index in [1.165, 1.54) is 154 Å². The summed E-state index contributed by atoms with van der Waals surface area (Å²) in [6.07, 6.45) is 61.4. The highest BCUT2D eigenvalue weighted by atomic mass is 16.5. The molecule has 3 atom stereocenters.